The lowest BCUT2D eigenvalue weighted by atomic mass is 10.0. The maximum Gasteiger partial charge on any atom is 0.257 e. The van der Waals surface area contributed by atoms with E-state index in [1.54, 1.807) is 12.1 Å². The average Bonchev–Trinajstić information content (AvgIpc) is 2.64. The van der Waals surface area contributed by atoms with E-state index in [0.717, 1.165) is 43.7 Å². The highest BCUT2D eigenvalue weighted by Gasteiger charge is 2.24. The molecule has 2 aliphatic heterocycles. The number of anilines is 1. The van der Waals surface area contributed by atoms with Crippen LogP contribution in [0.15, 0.2) is 29.1 Å². The Hall–Kier alpha value is -2.21. The van der Waals surface area contributed by atoms with Crippen LogP contribution in [0.1, 0.15) is 36.6 Å². The van der Waals surface area contributed by atoms with Crippen molar-refractivity contribution in [2.24, 2.45) is 5.92 Å². The number of nitrogens with one attached hydrogen (secondary N) is 1. The zero-order chi connectivity index (χ0) is 18.1. The van der Waals surface area contributed by atoms with Gasteiger partial charge in [-0.1, -0.05) is 25.1 Å². The summed E-state index contributed by atoms with van der Waals surface area (Å²) >= 11 is 0. The highest BCUT2D eigenvalue weighted by Crippen LogP contribution is 2.22. The Morgan fingerprint density at radius 2 is 2.15 bits per heavy atom. The second kappa shape index (κ2) is 7.19. The van der Waals surface area contributed by atoms with Gasteiger partial charge in [-0.2, -0.15) is 0 Å². The molecule has 26 heavy (non-hydrogen) atoms. The molecule has 1 saturated heterocycles. The molecule has 2 aliphatic rings. The van der Waals surface area contributed by atoms with Gasteiger partial charge >= 0.3 is 0 Å². The normalized spacial score (nSPS) is 20.8. The summed E-state index contributed by atoms with van der Waals surface area (Å²) in [4.78, 5) is 24.7. The van der Waals surface area contributed by atoms with Crippen molar-refractivity contribution in [2.45, 2.75) is 39.3 Å². The highest BCUT2D eigenvalue weighted by atomic mass is 19.1. The van der Waals surface area contributed by atoms with Crippen molar-refractivity contribution in [3.05, 3.63) is 57.3 Å². The second-order valence-electron chi connectivity index (χ2n) is 7.56. The summed E-state index contributed by atoms with van der Waals surface area (Å²) in [5, 5.41) is 0. The Kier molecular flexibility index (Phi) is 4.76. The Bertz CT molecular complexity index is 850. The third-order valence-electron chi connectivity index (χ3n) is 5.44. The van der Waals surface area contributed by atoms with Crippen LogP contribution < -0.4 is 10.5 Å². The van der Waals surface area contributed by atoms with Crippen molar-refractivity contribution >= 4 is 5.95 Å². The van der Waals surface area contributed by atoms with Crippen LogP contribution >= 0.6 is 0 Å². The van der Waals surface area contributed by atoms with Crippen LogP contribution in [0.5, 0.6) is 0 Å². The molecule has 0 saturated carbocycles. The van der Waals surface area contributed by atoms with Crippen LogP contribution in [0.25, 0.3) is 0 Å². The van der Waals surface area contributed by atoms with Crippen molar-refractivity contribution in [3.63, 3.8) is 0 Å². The van der Waals surface area contributed by atoms with Crippen molar-refractivity contribution in [2.75, 3.05) is 24.5 Å². The molecule has 0 spiro atoms. The molecule has 4 rings (SSSR count). The summed E-state index contributed by atoms with van der Waals surface area (Å²) in [6, 6.07) is 6.82. The number of hydrogen-bond acceptors (Lipinski definition) is 4. The summed E-state index contributed by atoms with van der Waals surface area (Å²) in [6.07, 6.45) is 3.10. The van der Waals surface area contributed by atoms with E-state index in [-0.39, 0.29) is 11.4 Å². The van der Waals surface area contributed by atoms with Gasteiger partial charge in [0.1, 0.15) is 5.82 Å². The predicted octanol–water partition coefficient (Wildman–Crippen LogP) is 2.70. The summed E-state index contributed by atoms with van der Waals surface area (Å²) in [5.74, 6) is 1.14. The predicted molar refractivity (Wildman–Crippen MR) is 99.7 cm³/mol. The topological polar surface area (TPSA) is 52.2 Å². The molecule has 1 N–H and O–H groups in total. The van der Waals surface area contributed by atoms with Gasteiger partial charge in [0.25, 0.3) is 5.56 Å². The molecule has 0 radical (unpaired) electrons. The third kappa shape index (κ3) is 3.51. The first kappa shape index (κ1) is 17.2. The van der Waals surface area contributed by atoms with Gasteiger partial charge in [-0.3, -0.25) is 14.7 Å². The molecule has 1 aromatic heterocycles. The number of nitrogens with zero attached hydrogens (tertiary/aromatic N) is 3. The monoisotopic (exact) mass is 356 g/mol. The molecule has 0 amide bonds. The number of aromatic amines is 1. The number of aromatic nitrogens is 2. The van der Waals surface area contributed by atoms with Crippen LogP contribution in [0.3, 0.4) is 0 Å². The van der Waals surface area contributed by atoms with Gasteiger partial charge in [-0.25, -0.2) is 9.37 Å². The van der Waals surface area contributed by atoms with Gasteiger partial charge in [-0.05, 0) is 24.8 Å². The van der Waals surface area contributed by atoms with Gasteiger partial charge in [0.2, 0.25) is 5.95 Å². The van der Waals surface area contributed by atoms with Crippen LogP contribution in [-0.2, 0) is 19.5 Å². The van der Waals surface area contributed by atoms with Gasteiger partial charge in [0.05, 0.1) is 11.3 Å². The van der Waals surface area contributed by atoms with Crippen molar-refractivity contribution in [1.29, 1.82) is 0 Å². The van der Waals surface area contributed by atoms with E-state index in [4.69, 9.17) is 4.98 Å². The fraction of sp³-hybridized carbons (Fsp3) is 0.500. The number of benzene rings is 1. The van der Waals surface area contributed by atoms with E-state index in [9.17, 15) is 9.18 Å². The molecular formula is C20H25FN4O. The third-order valence-corrected chi connectivity index (χ3v) is 5.44. The molecule has 2 aromatic rings. The second-order valence-corrected chi connectivity index (χ2v) is 7.56. The Labute approximate surface area is 152 Å². The van der Waals surface area contributed by atoms with E-state index in [1.165, 1.54) is 12.5 Å². The van der Waals surface area contributed by atoms with Crippen molar-refractivity contribution < 1.29 is 4.39 Å². The van der Waals surface area contributed by atoms with Crippen molar-refractivity contribution in [1.82, 2.24) is 14.9 Å². The van der Waals surface area contributed by atoms with Gasteiger partial charge < -0.3 is 4.90 Å². The van der Waals surface area contributed by atoms with Crippen LogP contribution in [0.4, 0.5) is 10.3 Å². The lowest BCUT2D eigenvalue weighted by Crippen LogP contribution is -2.39. The SMILES string of the molecule is C[C@@H]1CCCN(c2nc3c(c(=O)[nH]2)CN(Cc2ccccc2F)CC3)C1. The minimum absolute atomic E-state index is 0.0542. The number of fused-ring (bicyclic) bond motifs is 1. The summed E-state index contributed by atoms with van der Waals surface area (Å²) < 4.78 is 13.9. The molecule has 1 aromatic carbocycles. The maximum absolute atomic E-state index is 13.9. The molecule has 0 bridgehead atoms. The molecule has 138 valence electrons. The van der Waals surface area contributed by atoms with E-state index in [1.807, 2.05) is 6.07 Å². The Balaban J connectivity index is 1.53. The van der Waals surface area contributed by atoms with Crippen LogP contribution in [-0.4, -0.2) is 34.5 Å². The zero-order valence-corrected chi connectivity index (χ0v) is 15.2. The fourth-order valence-corrected chi connectivity index (χ4v) is 4.00. The highest BCUT2D eigenvalue weighted by molar-refractivity contribution is 5.35. The first-order chi connectivity index (χ1) is 12.6. The Morgan fingerprint density at radius 1 is 1.31 bits per heavy atom. The number of hydrogen-bond donors (Lipinski definition) is 1. The molecular weight excluding hydrogens is 331 g/mol. The summed E-state index contributed by atoms with van der Waals surface area (Å²) in [5.41, 5.74) is 2.23. The van der Waals surface area contributed by atoms with E-state index in [2.05, 4.69) is 21.7 Å². The van der Waals surface area contributed by atoms with Gasteiger partial charge in [0.15, 0.2) is 0 Å². The molecule has 3 heterocycles. The lowest BCUT2D eigenvalue weighted by molar-refractivity contribution is 0.238. The molecule has 6 heteroatoms. The molecule has 1 atom stereocenters. The largest absolute Gasteiger partial charge is 0.342 e. The number of rotatable bonds is 3. The standard InChI is InChI=1S/C20H25FN4O/c1-14-5-4-9-25(11-14)20-22-18-8-10-24(13-16(18)19(26)23-20)12-15-6-2-3-7-17(15)21/h2-3,6-7,14H,4-5,8-13H2,1H3,(H,22,23,26)/t14-/m1/s1. The minimum Gasteiger partial charge on any atom is -0.342 e. The smallest absolute Gasteiger partial charge is 0.257 e. The zero-order valence-electron chi connectivity index (χ0n) is 15.2. The molecule has 1 fully saturated rings. The van der Waals surface area contributed by atoms with E-state index < -0.39 is 0 Å². The van der Waals surface area contributed by atoms with Crippen LogP contribution in [0, 0.1) is 11.7 Å². The quantitative estimate of drug-likeness (QED) is 0.919. The fourth-order valence-electron chi connectivity index (χ4n) is 4.00. The van der Waals surface area contributed by atoms with E-state index in [0.29, 0.717) is 30.5 Å². The van der Waals surface area contributed by atoms with Gasteiger partial charge in [0, 0.05) is 44.7 Å². The number of halogens is 1. The summed E-state index contributed by atoms with van der Waals surface area (Å²) in [6.45, 7) is 5.95. The first-order valence-electron chi connectivity index (χ1n) is 9.43. The molecule has 0 unspecified atom stereocenters. The molecule has 0 aliphatic carbocycles. The van der Waals surface area contributed by atoms with E-state index >= 15 is 0 Å². The average molecular weight is 356 g/mol. The maximum atomic E-state index is 13.9. The number of piperidine rings is 1. The minimum atomic E-state index is -0.195. The van der Waals surface area contributed by atoms with Crippen LogP contribution in [0.2, 0.25) is 0 Å². The lowest BCUT2D eigenvalue weighted by Gasteiger charge is -2.33. The molecule has 5 nitrogen and oxygen atoms in total. The number of H-pyrrole nitrogens is 1. The first-order valence-corrected chi connectivity index (χ1v) is 9.43. The summed E-state index contributed by atoms with van der Waals surface area (Å²) in [7, 11) is 0. The Morgan fingerprint density at radius 3 is 2.96 bits per heavy atom. The van der Waals surface area contributed by atoms with Gasteiger partial charge in [-0.15, -0.1) is 0 Å². The van der Waals surface area contributed by atoms with Crippen molar-refractivity contribution in [3.8, 4) is 0 Å².